The number of ether oxygens (including phenoxy) is 1. The lowest BCUT2D eigenvalue weighted by atomic mass is 10.1. The van der Waals surface area contributed by atoms with Crippen molar-refractivity contribution in [1.29, 1.82) is 0 Å². The van der Waals surface area contributed by atoms with Crippen molar-refractivity contribution < 1.29 is 14.3 Å². The molecule has 110 valence electrons. The van der Waals surface area contributed by atoms with Crippen LogP contribution in [-0.4, -0.2) is 21.5 Å². The van der Waals surface area contributed by atoms with Gasteiger partial charge in [-0.3, -0.25) is 9.48 Å². The molecule has 1 aromatic heterocycles. The Hall–Kier alpha value is -1.85. The molecule has 0 saturated heterocycles. The van der Waals surface area contributed by atoms with E-state index in [1.54, 1.807) is 20.9 Å². The van der Waals surface area contributed by atoms with E-state index in [-0.39, 0.29) is 16.3 Å². The van der Waals surface area contributed by atoms with Gasteiger partial charge in [0.2, 0.25) is 0 Å². The van der Waals surface area contributed by atoms with Crippen molar-refractivity contribution in [2.45, 2.75) is 13.8 Å². The molecule has 0 aliphatic heterocycles. The summed E-state index contributed by atoms with van der Waals surface area (Å²) in [6, 6.07) is 4.37. The quantitative estimate of drug-likeness (QED) is 0.376. The molecule has 5 nitrogen and oxygen atoms in total. The Kier molecular flexibility index (Phi) is 4.34. The minimum Gasteiger partial charge on any atom is -0.419 e. The second-order valence-electron chi connectivity index (χ2n) is 4.46. The number of hydrogen-bond acceptors (Lipinski definition) is 4. The van der Waals surface area contributed by atoms with Gasteiger partial charge in [0.15, 0.2) is 0 Å². The van der Waals surface area contributed by atoms with Crippen LogP contribution in [0.25, 0.3) is 0 Å². The third-order valence-electron chi connectivity index (χ3n) is 3.02. The maximum absolute atomic E-state index is 12.2. The Balaban J connectivity index is 2.26. The number of ketones is 1. The summed E-state index contributed by atoms with van der Waals surface area (Å²) >= 11 is 11.7. The summed E-state index contributed by atoms with van der Waals surface area (Å²) in [7, 11) is 1.69. The number of carbonyl (C=O) groups excluding carboxylic acids is 2. The number of rotatable bonds is 3. The van der Waals surface area contributed by atoms with Gasteiger partial charge in [-0.05, 0) is 32.0 Å². The van der Waals surface area contributed by atoms with E-state index >= 15 is 0 Å². The monoisotopic (exact) mass is 326 g/mol. The second-order valence-corrected chi connectivity index (χ2v) is 5.31. The first-order chi connectivity index (χ1) is 9.81. The summed E-state index contributed by atoms with van der Waals surface area (Å²) in [6.45, 7) is 3.36. The van der Waals surface area contributed by atoms with E-state index in [1.165, 1.54) is 22.9 Å². The molecule has 7 heteroatoms. The molecule has 0 amide bonds. The molecule has 0 aliphatic rings. The SMILES string of the molecule is Cc1nn(C)c(C)c1C(=O)C(=O)Oc1ccc(Cl)cc1Cl. The smallest absolute Gasteiger partial charge is 0.385 e. The number of nitrogens with zero attached hydrogens (tertiary/aromatic N) is 2. The molecule has 0 bridgehead atoms. The average molecular weight is 327 g/mol. The Morgan fingerprint density at radius 2 is 1.90 bits per heavy atom. The molecule has 2 aromatic rings. The van der Waals surface area contributed by atoms with Crippen LogP contribution in [0.5, 0.6) is 5.75 Å². The van der Waals surface area contributed by atoms with E-state index in [2.05, 4.69) is 5.10 Å². The lowest BCUT2D eigenvalue weighted by Gasteiger charge is -2.06. The fourth-order valence-corrected chi connectivity index (χ4v) is 2.36. The highest BCUT2D eigenvalue weighted by Gasteiger charge is 2.26. The van der Waals surface area contributed by atoms with Crippen molar-refractivity contribution in [2.24, 2.45) is 7.05 Å². The largest absolute Gasteiger partial charge is 0.419 e. The van der Waals surface area contributed by atoms with Crippen LogP contribution in [0.15, 0.2) is 18.2 Å². The minimum absolute atomic E-state index is 0.0820. The second kappa shape index (κ2) is 5.87. The molecule has 0 unspecified atom stereocenters. The van der Waals surface area contributed by atoms with E-state index in [1.807, 2.05) is 0 Å². The van der Waals surface area contributed by atoms with Crippen molar-refractivity contribution in [3.63, 3.8) is 0 Å². The van der Waals surface area contributed by atoms with Gasteiger partial charge in [0.1, 0.15) is 5.75 Å². The van der Waals surface area contributed by atoms with E-state index in [9.17, 15) is 9.59 Å². The molecular formula is C14H12Cl2N2O3. The first kappa shape index (κ1) is 15.5. The van der Waals surface area contributed by atoms with Crippen molar-refractivity contribution >= 4 is 35.0 Å². The lowest BCUT2D eigenvalue weighted by molar-refractivity contribution is -0.129. The standard InChI is InChI=1S/C14H12Cl2N2O3/c1-7-12(8(2)18(3)17-7)13(19)14(20)21-11-5-4-9(15)6-10(11)16/h4-6H,1-3H3. The summed E-state index contributed by atoms with van der Waals surface area (Å²) in [5, 5.41) is 4.66. The number of halogens is 2. The van der Waals surface area contributed by atoms with E-state index in [4.69, 9.17) is 27.9 Å². The van der Waals surface area contributed by atoms with Crippen LogP contribution in [0.1, 0.15) is 21.7 Å². The topological polar surface area (TPSA) is 61.2 Å². The van der Waals surface area contributed by atoms with Crippen LogP contribution in [0.2, 0.25) is 10.0 Å². The Morgan fingerprint density at radius 1 is 1.24 bits per heavy atom. The number of aryl methyl sites for hydroxylation is 2. The van der Waals surface area contributed by atoms with Crippen molar-refractivity contribution in [2.75, 3.05) is 0 Å². The number of esters is 1. The van der Waals surface area contributed by atoms with Gasteiger partial charge in [-0.15, -0.1) is 0 Å². The van der Waals surface area contributed by atoms with Gasteiger partial charge in [0, 0.05) is 17.8 Å². The number of carbonyl (C=O) groups is 2. The highest BCUT2D eigenvalue weighted by Crippen LogP contribution is 2.28. The maximum atomic E-state index is 12.2. The third-order valence-corrected chi connectivity index (χ3v) is 3.55. The zero-order valence-electron chi connectivity index (χ0n) is 11.6. The molecule has 0 radical (unpaired) electrons. The number of hydrogen-bond donors (Lipinski definition) is 0. The zero-order valence-corrected chi connectivity index (χ0v) is 13.1. The highest BCUT2D eigenvalue weighted by molar-refractivity contribution is 6.42. The first-order valence-corrected chi connectivity index (χ1v) is 6.78. The molecule has 2 rings (SSSR count). The molecule has 1 heterocycles. The van der Waals surface area contributed by atoms with E-state index in [0.717, 1.165) is 0 Å². The summed E-state index contributed by atoms with van der Waals surface area (Å²) in [4.78, 5) is 24.1. The molecule has 0 saturated carbocycles. The summed E-state index contributed by atoms with van der Waals surface area (Å²) in [5.74, 6) is -1.69. The third kappa shape index (κ3) is 3.09. The van der Waals surface area contributed by atoms with Crippen LogP contribution >= 0.6 is 23.2 Å². The molecular weight excluding hydrogens is 315 g/mol. The summed E-state index contributed by atoms with van der Waals surface area (Å²) in [5.41, 5.74) is 1.31. The molecule has 0 N–H and O–H groups in total. The van der Waals surface area contributed by atoms with E-state index in [0.29, 0.717) is 16.4 Å². The summed E-state index contributed by atoms with van der Waals surface area (Å²) in [6.07, 6.45) is 0. The fraction of sp³-hybridized carbons (Fsp3) is 0.214. The van der Waals surface area contributed by atoms with Crippen LogP contribution in [0.3, 0.4) is 0 Å². The zero-order chi connectivity index (χ0) is 15.7. The molecule has 0 spiro atoms. The van der Waals surface area contributed by atoms with Gasteiger partial charge in [-0.25, -0.2) is 4.79 Å². The van der Waals surface area contributed by atoms with Crippen LogP contribution in [0, 0.1) is 13.8 Å². The Labute approximate surface area is 131 Å². The number of aromatic nitrogens is 2. The van der Waals surface area contributed by atoms with Gasteiger partial charge >= 0.3 is 5.97 Å². The fourth-order valence-electron chi connectivity index (χ4n) is 1.91. The predicted molar refractivity (Wildman–Crippen MR) is 79.1 cm³/mol. The molecule has 0 fully saturated rings. The number of Topliss-reactive ketones (excluding diaryl/α,β-unsaturated/α-hetero) is 1. The van der Waals surface area contributed by atoms with Gasteiger partial charge in [0.05, 0.1) is 16.3 Å². The Morgan fingerprint density at radius 3 is 2.43 bits per heavy atom. The number of benzene rings is 1. The predicted octanol–water partition coefficient (Wildman–Crippen LogP) is 3.13. The van der Waals surface area contributed by atoms with Crippen molar-refractivity contribution in [3.05, 3.63) is 45.2 Å². The minimum atomic E-state index is -1.02. The van der Waals surface area contributed by atoms with Crippen LogP contribution < -0.4 is 4.74 Å². The van der Waals surface area contributed by atoms with Crippen molar-refractivity contribution in [1.82, 2.24) is 9.78 Å². The average Bonchev–Trinajstić information content (AvgIpc) is 2.66. The first-order valence-electron chi connectivity index (χ1n) is 6.03. The van der Waals surface area contributed by atoms with Gasteiger partial charge in [0.25, 0.3) is 5.78 Å². The van der Waals surface area contributed by atoms with Gasteiger partial charge in [-0.1, -0.05) is 23.2 Å². The lowest BCUT2D eigenvalue weighted by Crippen LogP contribution is -2.22. The Bertz CT molecular complexity index is 738. The molecule has 1 aromatic carbocycles. The van der Waals surface area contributed by atoms with Crippen molar-refractivity contribution in [3.8, 4) is 5.75 Å². The van der Waals surface area contributed by atoms with Gasteiger partial charge in [-0.2, -0.15) is 5.10 Å². The molecule has 0 aliphatic carbocycles. The molecule has 0 atom stereocenters. The van der Waals surface area contributed by atoms with Crippen LogP contribution in [-0.2, 0) is 11.8 Å². The molecule has 21 heavy (non-hydrogen) atoms. The highest BCUT2D eigenvalue weighted by atomic mass is 35.5. The summed E-state index contributed by atoms with van der Waals surface area (Å²) < 4.78 is 6.55. The normalized spacial score (nSPS) is 10.5. The maximum Gasteiger partial charge on any atom is 0.385 e. The van der Waals surface area contributed by atoms with Crippen LogP contribution in [0.4, 0.5) is 0 Å². The van der Waals surface area contributed by atoms with Gasteiger partial charge < -0.3 is 4.74 Å². The van der Waals surface area contributed by atoms with E-state index < -0.39 is 11.8 Å².